The molecule has 1 fully saturated rings. The van der Waals surface area contributed by atoms with Crippen molar-refractivity contribution in [3.8, 4) is 6.07 Å². The highest BCUT2D eigenvalue weighted by atomic mass is 16.3. The lowest BCUT2D eigenvalue weighted by molar-refractivity contribution is 0.0344. The number of nitrogens with zero attached hydrogens (tertiary/aromatic N) is 5. The zero-order valence-electron chi connectivity index (χ0n) is 11.4. The van der Waals surface area contributed by atoms with Gasteiger partial charge in [-0.3, -0.25) is 4.90 Å². The summed E-state index contributed by atoms with van der Waals surface area (Å²) in [6.45, 7) is 7.59. The Morgan fingerprint density at radius 3 is 2.63 bits per heavy atom. The molecule has 19 heavy (non-hydrogen) atoms. The minimum Gasteiger partial charge on any atom is -0.389 e. The van der Waals surface area contributed by atoms with Gasteiger partial charge in [0.05, 0.1) is 17.4 Å². The molecule has 1 aromatic rings. The highest BCUT2D eigenvalue weighted by Crippen LogP contribution is 2.17. The molecule has 0 amide bonds. The van der Waals surface area contributed by atoms with Crippen LogP contribution in [0.2, 0.25) is 0 Å². The number of rotatable bonds is 3. The summed E-state index contributed by atoms with van der Waals surface area (Å²) in [7, 11) is 0. The van der Waals surface area contributed by atoms with Crippen molar-refractivity contribution in [2.45, 2.75) is 19.4 Å². The van der Waals surface area contributed by atoms with E-state index in [9.17, 15) is 5.11 Å². The molecule has 2 heterocycles. The van der Waals surface area contributed by atoms with Crippen LogP contribution < -0.4 is 4.90 Å². The van der Waals surface area contributed by atoms with Gasteiger partial charge >= 0.3 is 0 Å². The van der Waals surface area contributed by atoms with Crippen LogP contribution in [0.1, 0.15) is 19.4 Å². The molecule has 6 heteroatoms. The van der Waals surface area contributed by atoms with Crippen molar-refractivity contribution in [3.63, 3.8) is 0 Å². The molecule has 1 aliphatic heterocycles. The highest BCUT2D eigenvalue weighted by molar-refractivity contribution is 5.52. The second-order valence-corrected chi connectivity index (χ2v) is 5.46. The molecule has 1 aliphatic rings. The molecule has 1 N–H and O–H groups in total. The summed E-state index contributed by atoms with van der Waals surface area (Å²) in [4.78, 5) is 4.30. The van der Waals surface area contributed by atoms with E-state index in [1.807, 2.05) is 13.8 Å². The molecule has 0 unspecified atom stereocenters. The van der Waals surface area contributed by atoms with Crippen LogP contribution in [0.3, 0.4) is 0 Å². The van der Waals surface area contributed by atoms with Crippen LogP contribution in [0.5, 0.6) is 0 Å². The van der Waals surface area contributed by atoms with E-state index in [1.165, 1.54) is 6.20 Å². The van der Waals surface area contributed by atoms with E-state index in [0.717, 1.165) is 26.2 Å². The maximum absolute atomic E-state index is 9.81. The van der Waals surface area contributed by atoms with Gasteiger partial charge in [-0.1, -0.05) is 0 Å². The Bertz CT molecular complexity index is 469. The van der Waals surface area contributed by atoms with Crippen molar-refractivity contribution in [1.29, 1.82) is 5.26 Å². The quantitative estimate of drug-likeness (QED) is 0.840. The third-order valence-electron chi connectivity index (χ3n) is 3.10. The average molecular weight is 261 g/mol. The maximum Gasteiger partial charge on any atom is 0.169 e. The zero-order chi connectivity index (χ0) is 13.9. The molecule has 0 spiro atoms. The molecule has 2 rings (SSSR count). The van der Waals surface area contributed by atoms with Gasteiger partial charge in [0, 0.05) is 32.7 Å². The number of hydrogen-bond donors (Lipinski definition) is 1. The Hall–Kier alpha value is -1.71. The average Bonchev–Trinajstić information content (AvgIpc) is 2.38. The highest BCUT2D eigenvalue weighted by Gasteiger charge is 2.24. The summed E-state index contributed by atoms with van der Waals surface area (Å²) < 4.78 is 0. The molecule has 0 radical (unpaired) electrons. The minimum atomic E-state index is -0.674. The number of hydrogen-bond acceptors (Lipinski definition) is 6. The Kier molecular flexibility index (Phi) is 3.98. The van der Waals surface area contributed by atoms with Crippen LogP contribution in [0.15, 0.2) is 12.3 Å². The smallest absolute Gasteiger partial charge is 0.169 e. The first-order valence-electron chi connectivity index (χ1n) is 6.41. The Balaban J connectivity index is 1.99. The summed E-state index contributed by atoms with van der Waals surface area (Å²) >= 11 is 0. The third kappa shape index (κ3) is 3.63. The lowest BCUT2D eigenvalue weighted by Gasteiger charge is -2.37. The second-order valence-electron chi connectivity index (χ2n) is 5.46. The Morgan fingerprint density at radius 1 is 1.37 bits per heavy atom. The number of nitriles is 1. The monoisotopic (exact) mass is 261 g/mol. The summed E-state index contributed by atoms with van der Waals surface area (Å²) in [5, 5.41) is 26.8. The predicted molar refractivity (Wildman–Crippen MR) is 71.7 cm³/mol. The molecule has 0 saturated carbocycles. The van der Waals surface area contributed by atoms with E-state index in [1.54, 1.807) is 6.07 Å². The maximum atomic E-state index is 9.81. The molecule has 1 saturated heterocycles. The second kappa shape index (κ2) is 5.51. The fourth-order valence-electron chi connectivity index (χ4n) is 2.31. The normalized spacial score (nSPS) is 17.3. The van der Waals surface area contributed by atoms with E-state index in [-0.39, 0.29) is 0 Å². The third-order valence-corrected chi connectivity index (χ3v) is 3.10. The van der Waals surface area contributed by atoms with Crippen LogP contribution in [0.4, 0.5) is 5.82 Å². The first-order valence-corrected chi connectivity index (χ1v) is 6.41. The molecule has 0 bridgehead atoms. The van der Waals surface area contributed by atoms with Gasteiger partial charge in [-0.05, 0) is 19.9 Å². The number of aliphatic hydroxyl groups is 1. The van der Waals surface area contributed by atoms with Crippen molar-refractivity contribution in [3.05, 3.63) is 17.8 Å². The van der Waals surface area contributed by atoms with E-state index < -0.39 is 5.60 Å². The lowest BCUT2D eigenvalue weighted by Crippen LogP contribution is -2.50. The number of piperazine rings is 1. The molecule has 1 aromatic heterocycles. The molecular formula is C13H19N5O. The fourth-order valence-corrected chi connectivity index (χ4v) is 2.31. The Morgan fingerprint density at radius 2 is 2.05 bits per heavy atom. The topological polar surface area (TPSA) is 76.3 Å². The van der Waals surface area contributed by atoms with Gasteiger partial charge in [0.15, 0.2) is 5.82 Å². The summed E-state index contributed by atoms with van der Waals surface area (Å²) in [5.41, 5.74) is -0.113. The molecular weight excluding hydrogens is 242 g/mol. The predicted octanol–water partition coefficient (Wildman–Crippen LogP) is 0.241. The first kappa shape index (κ1) is 13.7. The van der Waals surface area contributed by atoms with E-state index >= 15 is 0 Å². The summed E-state index contributed by atoms with van der Waals surface area (Å²) in [6.07, 6.45) is 1.53. The number of anilines is 1. The fraction of sp³-hybridized carbons (Fsp3) is 0.615. The van der Waals surface area contributed by atoms with Gasteiger partial charge in [0.2, 0.25) is 0 Å². The first-order chi connectivity index (χ1) is 8.99. The number of β-amino-alcohol motifs (C(OH)–C–C–N with tert-alkyl or cyclic N) is 1. The van der Waals surface area contributed by atoms with Crippen LogP contribution in [-0.4, -0.2) is 58.5 Å². The van der Waals surface area contributed by atoms with Crippen molar-refractivity contribution in [2.24, 2.45) is 0 Å². The van der Waals surface area contributed by atoms with Crippen LogP contribution in [0, 0.1) is 11.3 Å². The minimum absolute atomic E-state index is 0.561. The lowest BCUT2D eigenvalue weighted by atomic mass is 10.1. The van der Waals surface area contributed by atoms with Crippen LogP contribution in [0.25, 0.3) is 0 Å². The van der Waals surface area contributed by atoms with Crippen molar-refractivity contribution in [2.75, 3.05) is 37.6 Å². The van der Waals surface area contributed by atoms with Gasteiger partial charge in [-0.15, -0.1) is 5.10 Å². The van der Waals surface area contributed by atoms with Crippen molar-refractivity contribution in [1.82, 2.24) is 15.1 Å². The number of aromatic nitrogens is 2. The van der Waals surface area contributed by atoms with Crippen molar-refractivity contribution < 1.29 is 5.11 Å². The van der Waals surface area contributed by atoms with E-state index in [0.29, 0.717) is 17.9 Å². The SMILES string of the molecule is CC(C)(O)CN1CCN(c2nnccc2C#N)CC1. The van der Waals surface area contributed by atoms with Crippen LogP contribution in [-0.2, 0) is 0 Å². The van der Waals surface area contributed by atoms with Gasteiger partial charge in [-0.2, -0.15) is 10.4 Å². The van der Waals surface area contributed by atoms with Gasteiger partial charge < -0.3 is 10.0 Å². The van der Waals surface area contributed by atoms with E-state index in [4.69, 9.17) is 5.26 Å². The standard InChI is InChI=1S/C13H19N5O/c1-13(2,19)10-17-5-7-18(8-6-17)12-11(9-14)3-4-15-16-12/h3-4,19H,5-8,10H2,1-2H3. The Labute approximate surface area is 113 Å². The van der Waals surface area contributed by atoms with Gasteiger partial charge in [0.1, 0.15) is 6.07 Å². The van der Waals surface area contributed by atoms with E-state index in [2.05, 4.69) is 26.1 Å². The summed E-state index contributed by atoms with van der Waals surface area (Å²) in [5.74, 6) is 0.660. The zero-order valence-corrected chi connectivity index (χ0v) is 11.4. The molecule has 0 aromatic carbocycles. The van der Waals surface area contributed by atoms with Crippen molar-refractivity contribution >= 4 is 5.82 Å². The van der Waals surface area contributed by atoms with Gasteiger partial charge in [0.25, 0.3) is 0 Å². The van der Waals surface area contributed by atoms with Crippen LogP contribution >= 0.6 is 0 Å². The molecule has 102 valence electrons. The summed E-state index contributed by atoms with van der Waals surface area (Å²) in [6, 6.07) is 3.83. The molecule has 0 aliphatic carbocycles. The molecule has 0 atom stereocenters. The van der Waals surface area contributed by atoms with Gasteiger partial charge in [-0.25, -0.2) is 0 Å². The largest absolute Gasteiger partial charge is 0.389 e. The molecule has 6 nitrogen and oxygen atoms in total.